The Labute approximate surface area is 164 Å². The SMILES string of the molecule is CSc1nc(-c2ccc(OCc3cccc(C(=O)O)c3)cc2)c(C#N)c(=O)[nH]1. The number of nitrogens with one attached hydrogen (secondary N) is 1. The molecule has 8 heteroatoms. The predicted molar refractivity (Wildman–Crippen MR) is 105 cm³/mol. The lowest BCUT2D eigenvalue weighted by atomic mass is 10.1. The highest BCUT2D eigenvalue weighted by molar-refractivity contribution is 7.98. The molecule has 0 atom stereocenters. The van der Waals surface area contributed by atoms with Crippen molar-refractivity contribution in [2.45, 2.75) is 11.8 Å². The molecule has 0 radical (unpaired) electrons. The fraction of sp³-hybridized carbons (Fsp3) is 0.100. The molecule has 0 aliphatic carbocycles. The van der Waals surface area contributed by atoms with Gasteiger partial charge in [-0.25, -0.2) is 9.78 Å². The molecule has 7 nitrogen and oxygen atoms in total. The highest BCUT2D eigenvalue weighted by Crippen LogP contribution is 2.24. The summed E-state index contributed by atoms with van der Waals surface area (Å²) >= 11 is 1.28. The lowest BCUT2D eigenvalue weighted by molar-refractivity contribution is 0.0696. The summed E-state index contributed by atoms with van der Waals surface area (Å²) in [6.07, 6.45) is 1.78. The maximum Gasteiger partial charge on any atom is 0.335 e. The van der Waals surface area contributed by atoms with Crippen LogP contribution in [0.5, 0.6) is 5.75 Å². The maximum atomic E-state index is 12.0. The number of aromatic amines is 1. The first-order valence-electron chi connectivity index (χ1n) is 8.15. The average Bonchev–Trinajstić information content (AvgIpc) is 2.72. The molecule has 0 saturated heterocycles. The molecule has 1 aromatic heterocycles. The van der Waals surface area contributed by atoms with Crippen LogP contribution in [-0.2, 0) is 6.61 Å². The number of nitriles is 1. The Balaban J connectivity index is 1.80. The summed E-state index contributed by atoms with van der Waals surface area (Å²) in [5.74, 6) is -0.424. The van der Waals surface area contributed by atoms with Crippen molar-refractivity contribution < 1.29 is 14.6 Å². The third-order valence-electron chi connectivity index (χ3n) is 3.91. The fourth-order valence-electron chi connectivity index (χ4n) is 2.53. The van der Waals surface area contributed by atoms with Gasteiger partial charge in [0.15, 0.2) is 5.16 Å². The van der Waals surface area contributed by atoms with Gasteiger partial charge in [-0.2, -0.15) is 5.26 Å². The van der Waals surface area contributed by atoms with Crippen molar-refractivity contribution in [1.29, 1.82) is 5.26 Å². The quantitative estimate of drug-likeness (QED) is 0.487. The monoisotopic (exact) mass is 393 g/mol. The Morgan fingerprint density at radius 3 is 2.68 bits per heavy atom. The number of H-pyrrole nitrogens is 1. The number of ether oxygens (including phenoxy) is 1. The standard InChI is InChI=1S/C20H15N3O4S/c1-28-20-22-17(16(10-21)18(24)23-20)13-5-7-15(8-6-13)27-11-12-3-2-4-14(9-12)19(25)26/h2-9H,11H2,1H3,(H,25,26)(H,22,23,24). The first-order chi connectivity index (χ1) is 13.5. The number of rotatable bonds is 6. The van der Waals surface area contributed by atoms with Crippen LogP contribution in [0.15, 0.2) is 58.5 Å². The van der Waals surface area contributed by atoms with Crippen LogP contribution in [0, 0.1) is 11.3 Å². The third-order valence-corrected chi connectivity index (χ3v) is 4.49. The zero-order valence-electron chi connectivity index (χ0n) is 14.8. The number of carboxylic acid groups (broad SMARTS) is 1. The van der Waals surface area contributed by atoms with Gasteiger partial charge in [0.05, 0.1) is 11.3 Å². The minimum Gasteiger partial charge on any atom is -0.489 e. The zero-order chi connectivity index (χ0) is 20.1. The van der Waals surface area contributed by atoms with Crippen molar-refractivity contribution in [2.24, 2.45) is 0 Å². The molecule has 0 aliphatic rings. The van der Waals surface area contributed by atoms with Crippen molar-refractivity contribution in [1.82, 2.24) is 9.97 Å². The predicted octanol–water partition coefficient (Wildman–Crippen LogP) is 3.31. The smallest absolute Gasteiger partial charge is 0.335 e. The molecule has 28 heavy (non-hydrogen) atoms. The number of aromatic nitrogens is 2. The second kappa shape index (κ2) is 8.41. The molecule has 0 saturated carbocycles. The molecule has 2 N–H and O–H groups in total. The van der Waals surface area contributed by atoms with E-state index in [4.69, 9.17) is 9.84 Å². The van der Waals surface area contributed by atoms with Gasteiger partial charge in [0.1, 0.15) is 24.0 Å². The number of nitrogens with zero attached hydrogens (tertiary/aromatic N) is 2. The Morgan fingerprint density at radius 2 is 2.04 bits per heavy atom. The second-order valence-corrected chi connectivity index (χ2v) is 6.52. The molecule has 0 fully saturated rings. The highest BCUT2D eigenvalue weighted by atomic mass is 32.2. The summed E-state index contributed by atoms with van der Waals surface area (Å²) in [6.45, 7) is 0.212. The van der Waals surface area contributed by atoms with Crippen molar-refractivity contribution >= 4 is 17.7 Å². The van der Waals surface area contributed by atoms with Crippen molar-refractivity contribution in [3.8, 4) is 23.1 Å². The molecule has 3 aromatic rings. The van der Waals surface area contributed by atoms with Crippen LogP contribution >= 0.6 is 11.8 Å². The molecule has 1 heterocycles. The van der Waals surface area contributed by atoms with Gasteiger partial charge in [0.2, 0.25) is 0 Å². The number of hydrogen-bond acceptors (Lipinski definition) is 6. The first-order valence-corrected chi connectivity index (χ1v) is 9.38. The Hall–Kier alpha value is -3.57. The normalized spacial score (nSPS) is 10.3. The van der Waals surface area contributed by atoms with Gasteiger partial charge < -0.3 is 14.8 Å². The summed E-state index contributed by atoms with van der Waals surface area (Å²) < 4.78 is 5.69. The molecule has 0 amide bonds. The van der Waals surface area contributed by atoms with Crippen LogP contribution in [0.1, 0.15) is 21.5 Å². The topological polar surface area (TPSA) is 116 Å². The molecule has 140 valence electrons. The van der Waals surface area contributed by atoms with Crippen LogP contribution in [0.25, 0.3) is 11.3 Å². The molecule has 0 spiro atoms. The molecule has 3 rings (SSSR count). The van der Waals surface area contributed by atoms with Crippen LogP contribution < -0.4 is 10.3 Å². The summed E-state index contributed by atoms with van der Waals surface area (Å²) in [5, 5.41) is 18.7. The van der Waals surface area contributed by atoms with Crippen molar-refractivity contribution in [3.63, 3.8) is 0 Å². The number of carboxylic acids is 1. The number of hydrogen-bond donors (Lipinski definition) is 2. The van der Waals surface area contributed by atoms with E-state index in [0.717, 1.165) is 5.56 Å². The lowest BCUT2D eigenvalue weighted by Crippen LogP contribution is -2.14. The van der Waals surface area contributed by atoms with Gasteiger partial charge in [-0.05, 0) is 48.2 Å². The minimum atomic E-state index is -0.991. The van der Waals surface area contributed by atoms with Crippen molar-refractivity contribution in [2.75, 3.05) is 6.26 Å². The van der Waals surface area contributed by atoms with E-state index in [1.54, 1.807) is 48.7 Å². The van der Waals surface area contributed by atoms with Crippen LogP contribution in [-0.4, -0.2) is 27.3 Å². The number of aromatic carboxylic acids is 1. The van der Waals surface area contributed by atoms with Crippen molar-refractivity contribution in [3.05, 3.63) is 75.6 Å². The Kier molecular flexibility index (Phi) is 5.77. The van der Waals surface area contributed by atoms with E-state index in [2.05, 4.69) is 9.97 Å². The second-order valence-electron chi connectivity index (χ2n) is 5.73. The van der Waals surface area contributed by atoms with Crippen LogP contribution in [0.4, 0.5) is 0 Å². The van der Waals surface area contributed by atoms with E-state index in [1.165, 1.54) is 17.8 Å². The Morgan fingerprint density at radius 1 is 1.29 bits per heavy atom. The van der Waals surface area contributed by atoms with Gasteiger partial charge in [-0.15, -0.1) is 0 Å². The van der Waals surface area contributed by atoms with E-state index in [9.17, 15) is 14.9 Å². The summed E-state index contributed by atoms with van der Waals surface area (Å²) in [4.78, 5) is 29.9. The van der Waals surface area contributed by atoms with E-state index in [-0.39, 0.29) is 17.7 Å². The van der Waals surface area contributed by atoms with Crippen LogP contribution in [0.2, 0.25) is 0 Å². The summed E-state index contributed by atoms with van der Waals surface area (Å²) in [6, 6.07) is 15.3. The van der Waals surface area contributed by atoms with Gasteiger partial charge in [0, 0.05) is 5.56 Å². The molecular formula is C20H15N3O4S. The third kappa shape index (κ3) is 4.22. The zero-order valence-corrected chi connectivity index (χ0v) is 15.6. The molecular weight excluding hydrogens is 378 g/mol. The largest absolute Gasteiger partial charge is 0.489 e. The van der Waals surface area contributed by atoms with E-state index in [0.29, 0.717) is 22.2 Å². The lowest BCUT2D eigenvalue weighted by Gasteiger charge is -2.09. The Bertz CT molecular complexity index is 1120. The van der Waals surface area contributed by atoms with Crippen LogP contribution in [0.3, 0.4) is 0 Å². The highest BCUT2D eigenvalue weighted by Gasteiger charge is 2.13. The summed E-state index contributed by atoms with van der Waals surface area (Å²) in [5.41, 5.74) is 1.35. The average molecular weight is 393 g/mol. The van der Waals surface area contributed by atoms with Gasteiger partial charge in [-0.3, -0.25) is 4.79 Å². The van der Waals surface area contributed by atoms with E-state index < -0.39 is 11.5 Å². The van der Waals surface area contributed by atoms with E-state index >= 15 is 0 Å². The minimum absolute atomic E-state index is 0.0445. The molecule has 2 aromatic carbocycles. The molecule has 0 aliphatic heterocycles. The number of thioether (sulfide) groups is 1. The molecule has 0 bridgehead atoms. The number of benzene rings is 2. The maximum absolute atomic E-state index is 12.0. The molecule has 0 unspecified atom stereocenters. The summed E-state index contributed by atoms with van der Waals surface area (Å²) in [7, 11) is 0. The van der Waals surface area contributed by atoms with Gasteiger partial charge in [-0.1, -0.05) is 23.9 Å². The first kappa shape index (κ1) is 19.2. The fourth-order valence-corrected chi connectivity index (χ4v) is 2.91. The number of carbonyl (C=O) groups is 1. The van der Waals surface area contributed by atoms with Gasteiger partial charge >= 0.3 is 5.97 Å². The van der Waals surface area contributed by atoms with Gasteiger partial charge in [0.25, 0.3) is 5.56 Å². The van der Waals surface area contributed by atoms with E-state index in [1.807, 2.05) is 6.07 Å².